The molecular weight excluding hydrogens is 158 g/mol. The van der Waals surface area contributed by atoms with Crippen LogP contribution in [0.3, 0.4) is 0 Å². The van der Waals surface area contributed by atoms with Crippen molar-refractivity contribution in [1.82, 2.24) is 5.32 Å². The van der Waals surface area contributed by atoms with Crippen molar-refractivity contribution < 1.29 is 0 Å². The molecule has 0 spiro atoms. The molecule has 0 aromatic rings. The smallest absolute Gasteiger partial charge is 0.0205 e. The molecule has 76 valence electrons. The molecule has 0 radical (unpaired) electrons. The monoisotopic (exact) mass is 181 g/mol. The lowest BCUT2D eigenvalue weighted by Gasteiger charge is -2.45. The molecule has 0 aliphatic carbocycles. The van der Waals surface area contributed by atoms with E-state index in [2.05, 4.69) is 39.6 Å². The van der Waals surface area contributed by atoms with Gasteiger partial charge in [-0.05, 0) is 30.1 Å². The first-order chi connectivity index (χ1) is 5.99. The minimum absolute atomic E-state index is 0.487. The summed E-state index contributed by atoms with van der Waals surface area (Å²) in [4.78, 5) is 0. The van der Waals surface area contributed by atoms with E-state index < -0.39 is 0 Å². The molecule has 1 rings (SSSR count). The van der Waals surface area contributed by atoms with Gasteiger partial charge in [0.1, 0.15) is 0 Å². The highest BCUT2D eigenvalue weighted by Gasteiger charge is 2.38. The van der Waals surface area contributed by atoms with Crippen molar-refractivity contribution in [1.29, 1.82) is 0 Å². The van der Waals surface area contributed by atoms with E-state index >= 15 is 0 Å². The van der Waals surface area contributed by atoms with Crippen molar-refractivity contribution in [2.24, 2.45) is 17.3 Å². The normalized spacial score (nSPS) is 22.2. The Morgan fingerprint density at radius 3 is 2.08 bits per heavy atom. The van der Waals surface area contributed by atoms with Gasteiger partial charge in [-0.15, -0.1) is 0 Å². The minimum atomic E-state index is 0.487. The van der Waals surface area contributed by atoms with Gasteiger partial charge in [-0.3, -0.25) is 0 Å². The van der Waals surface area contributed by atoms with Gasteiger partial charge in [0.2, 0.25) is 0 Å². The summed E-state index contributed by atoms with van der Waals surface area (Å²) in [6, 6.07) is 0. The number of nitrogens with one attached hydrogen (secondary N) is 1. The highest BCUT2D eigenvalue weighted by atomic mass is 14.9. The highest BCUT2D eigenvalue weighted by molar-refractivity contribution is 5.03. The van der Waals surface area contributed by atoms with Crippen LogP contribution in [0.15, 0.2) is 12.3 Å². The van der Waals surface area contributed by atoms with E-state index in [9.17, 15) is 0 Å². The van der Waals surface area contributed by atoms with Gasteiger partial charge in [0.15, 0.2) is 0 Å². The zero-order chi connectivity index (χ0) is 10.1. The molecule has 1 aliphatic rings. The third kappa shape index (κ3) is 1.90. The van der Waals surface area contributed by atoms with Crippen LogP contribution in [0, 0.1) is 17.3 Å². The Kier molecular flexibility index (Phi) is 3.05. The second-order valence-electron chi connectivity index (χ2n) is 5.00. The second-order valence-corrected chi connectivity index (χ2v) is 5.00. The summed E-state index contributed by atoms with van der Waals surface area (Å²) in [6.45, 7) is 14.5. The Morgan fingerprint density at radius 1 is 1.23 bits per heavy atom. The molecule has 1 heteroatoms. The van der Waals surface area contributed by atoms with Crippen LogP contribution < -0.4 is 5.32 Å². The minimum Gasteiger partial charge on any atom is -0.388 e. The van der Waals surface area contributed by atoms with Crippen LogP contribution in [0.5, 0.6) is 0 Å². The number of piperidine rings is 1. The molecule has 0 aromatic heterocycles. The summed E-state index contributed by atoms with van der Waals surface area (Å²) in [5.74, 6) is 1.51. The lowest BCUT2D eigenvalue weighted by Crippen LogP contribution is -2.45. The number of hydrogen-bond acceptors (Lipinski definition) is 1. The second kappa shape index (κ2) is 3.73. The lowest BCUT2D eigenvalue weighted by atomic mass is 9.64. The zero-order valence-electron chi connectivity index (χ0n) is 9.48. The van der Waals surface area contributed by atoms with E-state index in [-0.39, 0.29) is 0 Å². The largest absolute Gasteiger partial charge is 0.388 e. The molecular formula is C12H23N. The summed E-state index contributed by atoms with van der Waals surface area (Å²) in [5.41, 5.74) is 1.71. The molecule has 1 saturated heterocycles. The quantitative estimate of drug-likeness (QED) is 0.690. The zero-order valence-corrected chi connectivity index (χ0v) is 9.48. The first-order valence-electron chi connectivity index (χ1n) is 5.40. The van der Waals surface area contributed by atoms with Gasteiger partial charge in [0, 0.05) is 12.2 Å². The molecule has 0 amide bonds. The van der Waals surface area contributed by atoms with Crippen LogP contribution in [0.4, 0.5) is 0 Å². The maximum absolute atomic E-state index is 3.99. The Morgan fingerprint density at radius 2 is 1.77 bits per heavy atom. The lowest BCUT2D eigenvalue weighted by molar-refractivity contribution is 0.0847. The molecule has 1 fully saturated rings. The van der Waals surface area contributed by atoms with Crippen LogP contribution in [0.25, 0.3) is 0 Å². The van der Waals surface area contributed by atoms with Crippen molar-refractivity contribution in [2.45, 2.75) is 40.5 Å². The van der Waals surface area contributed by atoms with E-state index in [0.29, 0.717) is 5.41 Å². The maximum Gasteiger partial charge on any atom is 0.0205 e. The van der Waals surface area contributed by atoms with Gasteiger partial charge < -0.3 is 5.32 Å². The first-order valence-corrected chi connectivity index (χ1v) is 5.40. The summed E-state index contributed by atoms with van der Waals surface area (Å²) in [5, 5.41) is 3.44. The molecule has 0 saturated carbocycles. The fourth-order valence-electron chi connectivity index (χ4n) is 2.50. The Labute approximate surface area is 82.6 Å². The highest BCUT2D eigenvalue weighted by Crippen LogP contribution is 2.42. The van der Waals surface area contributed by atoms with Crippen LogP contribution in [0.2, 0.25) is 0 Å². The van der Waals surface area contributed by atoms with Crippen molar-refractivity contribution in [3.8, 4) is 0 Å². The summed E-state index contributed by atoms with van der Waals surface area (Å²) < 4.78 is 0. The van der Waals surface area contributed by atoms with E-state index in [4.69, 9.17) is 0 Å². The van der Waals surface area contributed by atoms with E-state index in [0.717, 1.165) is 24.8 Å². The van der Waals surface area contributed by atoms with Gasteiger partial charge in [-0.1, -0.05) is 34.3 Å². The fraction of sp³-hybridized carbons (Fsp3) is 0.833. The molecule has 1 nitrogen and oxygen atoms in total. The predicted molar refractivity (Wildman–Crippen MR) is 58.5 cm³/mol. The number of rotatable bonds is 2. The van der Waals surface area contributed by atoms with E-state index in [1.54, 1.807) is 0 Å². The molecule has 0 unspecified atom stereocenters. The third-order valence-electron chi connectivity index (χ3n) is 3.86. The molecule has 0 bridgehead atoms. The van der Waals surface area contributed by atoms with Crippen molar-refractivity contribution >= 4 is 0 Å². The van der Waals surface area contributed by atoms with Crippen molar-refractivity contribution in [2.75, 3.05) is 6.54 Å². The summed E-state index contributed by atoms with van der Waals surface area (Å²) >= 11 is 0. The first kappa shape index (κ1) is 10.6. The van der Waals surface area contributed by atoms with Gasteiger partial charge in [-0.2, -0.15) is 0 Å². The predicted octanol–water partition coefficient (Wildman–Crippen LogP) is 3.18. The Balaban J connectivity index is 2.75. The number of hydrogen-bond donors (Lipinski definition) is 1. The Hall–Kier alpha value is -0.460. The maximum atomic E-state index is 3.99. The van der Waals surface area contributed by atoms with Gasteiger partial charge in [0.05, 0.1) is 0 Å². The van der Waals surface area contributed by atoms with Gasteiger partial charge in [-0.25, -0.2) is 0 Å². The molecule has 1 heterocycles. The molecule has 13 heavy (non-hydrogen) atoms. The molecule has 0 aromatic carbocycles. The average Bonchev–Trinajstić information content (AvgIpc) is 2.04. The van der Waals surface area contributed by atoms with Crippen LogP contribution in [0.1, 0.15) is 40.5 Å². The van der Waals surface area contributed by atoms with E-state index in [1.165, 1.54) is 12.1 Å². The molecule has 1 aliphatic heterocycles. The molecule has 0 atom stereocenters. The summed E-state index contributed by atoms with van der Waals surface area (Å²) in [6.07, 6.45) is 2.45. The molecule has 1 N–H and O–H groups in total. The summed E-state index contributed by atoms with van der Waals surface area (Å²) in [7, 11) is 0. The van der Waals surface area contributed by atoms with Crippen LogP contribution in [-0.2, 0) is 0 Å². The van der Waals surface area contributed by atoms with Crippen molar-refractivity contribution in [3.63, 3.8) is 0 Å². The number of allylic oxidation sites excluding steroid dienone is 1. The van der Waals surface area contributed by atoms with Crippen LogP contribution in [-0.4, -0.2) is 6.54 Å². The average molecular weight is 181 g/mol. The van der Waals surface area contributed by atoms with Crippen molar-refractivity contribution in [3.05, 3.63) is 12.3 Å². The fourth-order valence-corrected chi connectivity index (χ4v) is 2.50. The standard InChI is InChI=1S/C12H23N/c1-9(2)12(10(3)4)7-6-11(5)13-8-12/h9-10,13H,5-8H2,1-4H3. The Bertz CT molecular complexity index is 171. The third-order valence-corrected chi connectivity index (χ3v) is 3.86. The van der Waals surface area contributed by atoms with Crippen LogP contribution >= 0.6 is 0 Å². The van der Waals surface area contributed by atoms with E-state index in [1.807, 2.05) is 0 Å². The van der Waals surface area contributed by atoms with Gasteiger partial charge >= 0.3 is 0 Å². The SMILES string of the molecule is C=C1CCC(C(C)C)(C(C)C)CN1. The topological polar surface area (TPSA) is 12.0 Å². The van der Waals surface area contributed by atoms with Gasteiger partial charge in [0.25, 0.3) is 0 Å².